The number of aromatic nitrogens is 4. The van der Waals surface area contributed by atoms with Crippen LogP contribution in [0.15, 0.2) is 79.0 Å². The highest BCUT2D eigenvalue weighted by molar-refractivity contribution is 7.98. The van der Waals surface area contributed by atoms with Gasteiger partial charge in [0.1, 0.15) is 22.8 Å². The third-order valence-corrected chi connectivity index (χ3v) is 6.17. The number of aryl methyl sites for hydroxylation is 2. The molecule has 0 saturated heterocycles. The van der Waals surface area contributed by atoms with Crippen molar-refractivity contribution in [3.05, 3.63) is 89.3 Å². The Kier molecular flexibility index (Phi) is 6.44. The summed E-state index contributed by atoms with van der Waals surface area (Å²) in [6.07, 6.45) is 0. The molecule has 5 rings (SSSR count). The van der Waals surface area contributed by atoms with Crippen molar-refractivity contribution in [3.8, 4) is 22.7 Å². The minimum absolute atomic E-state index is 0.162. The van der Waals surface area contributed by atoms with E-state index in [9.17, 15) is 4.79 Å². The van der Waals surface area contributed by atoms with E-state index in [0.717, 1.165) is 21.9 Å². The number of carbonyl (C=O) groups is 1. The monoisotopic (exact) mass is 488 g/mol. The SMILES string of the molecule is Cc1cc(CSc2ccccc2C(=O)OCc2nnc(-c3c(-c4ccccc4)noc3C)o2)on1. The third kappa shape index (κ3) is 5.02. The lowest BCUT2D eigenvalue weighted by Gasteiger charge is -2.07. The van der Waals surface area contributed by atoms with E-state index in [1.807, 2.05) is 55.5 Å². The summed E-state index contributed by atoms with van der Waals surface area (Å²) in [5, 5.41) is 16.2. The first-order chi connectivity index (χ1) is 17.1. The third-order valence-electron chi connectivity index (χ3n) is 5.07. The van der Waals surface area contributed by atoms with Gasteiger partial charge in [0, 0.05) is 16.5 Å². The van der Waals surface area contributed by atoms with Gasteiger partial charge in [-0.25, -0.2) is 4.79 Å². The topological polar surface area (TPSA) is 117 Å². The maximum Gasteiger partial charge on any atom is 0.339 e. The van der Waals surface area contributed by atoms with E-state index in [-0.39, 0.29) is 18.4 Å². The van der Waals surface area contributed by atoms with Crippen LogP contribution < -0.4 is 0 Å². The van der Waals surface area contributed by atoms with Gasteiger partial charge in [0.15, 0.2) is 6.61 Å². The van der Waals surface area contributed by atoms with Crippen LogP contribution in [-0.4, -0.2) is 26.5 Å². The number of nitrogens with zero attached hydrogens (tertiary/aromatic N) is 4. The molecule has 0 N–H and O–H groups in total. The molecule has 0 amide bonds. The Balaban J connectivity index is 1.27. The van der Waals surface area contributed by atoms with Crippen LogP contribution in [0.5, 0.6) is 0 Å². The highest BCUT2D eigenvalue weighted by Crippen LogP contribution is 2.33. The molecule has 0 unspecified atom stereocenters. The molecule has 3 heterocycles. The first-order valence-electron chi connectivity index (χ1n) is 10.7. The molecule has 0 aliphatic heterocycles. The average Bonchev–Trinajstić information content (AvgIpc) is 3.61. The second-order valence-corrected chi connectivity index (χ2v) is 8.64. The van der Waals surface area contributed by atoms with E-state index in [2.05, 4.69) is 20.5 Å². The summed E-state index contributed by atoms with van der Waals surface area (Å²) in [6, 6.07) is 18.6. The first-order valence-corrected chi connectivity index (χ1v) is 11.7. The van der Waals surface area contributed by atoms with Gasteiger partial charge in [0.25, 0.3) is 11.8 Å². The highest BCUT2D eigenvalue weighted by Gasteiger charge is 2.22. The standard InChI is InChI=1S/C25H20N4O5S/c1-15-12-18(34-28-15)14-35-20-11-7-6-10-19(20)25(30)31-13-21-26-27-24(32-21)22-16(2)33-29-23(22)17-8-4-3-5-9-17/h3-12H,13-14H2,1-2H3. The van der Waals surface area contributed by atoms with E-state index < -0.39 is 5.97 Å². The molecule has 10 heteroatoms. The van der Waals surface area contributed by atoms with E-state index in [1.54, 1.807) is 19.1 Å². The number of rotatable bonds is 8. The van der Waals surface area contributed by atoms with Gasteiger partial charge in [-0.1, -0.05) is 52.8 Å². The number of ether oxygens (including phenoxy) is 1. The molecule has 0 atom stereocenters. The molecule has 0 spiro atoms. The number of carbonyl (C=O) groups excluding carboxylic acids is 1. The number of benzene rings is 2. The van der Waals surface area contributed by atoms with Crippen molar-refractivity contribution >= 4 is 17.7 Å². The zero-order valence-electron chi connectivity index (χ0n) is 18.9. The largest absolute Gasteiger partial charge is 0.452 e. The van der Waals surface area contributed by atoms with E-state index >= 15 is 0 Å². The van der Waals surface area contributed by atoms with E-state index in [4.69, 9.17) is 18.2 Å². The molecule has 0 saturated carbocycles. The molecule has 0 bridgehead atoms. The molecular formula is C25H20N4O5S. The Labute approximate surface area is 204 Å². The molecule has 176 valence electrons. The van der Waals surface area contributed by atoms with Gasteiger partial charge in [-0.15, -0.1) is 22.0 Å². The minimum atomic E-state index is -0.493. The lowest BCUT2D eigenvalue weighted by molar-refractivity contribution is 0.0434. The van der Waals surface area contributed by atoms with Crippen LogP contribution in [0.3, 0.4) is 0 Å². The molecule has 9 nitrogen and oxygen atoms in total. The second kappa shape index (κ2) is 9.98. The van der Waals surface area contributed by atoms with Crippen molar-refractivity contribution < 1.29 is 23.0 Å². The maximum atomic E-state index is 12.8. The van der Waals surface area contributed by atoms with Gasteiger partial charge in [0.2, 0.25) is 0 Å². The molecule has 3 aromatic heterocycles. The fourth-order valence-electron chi connectivity index (χ4n) is 3.43. The van der Waals surface area contributed by atoms with Gasteiger partial charge in [-0.2, -0.15) is 0 Å². The summed E-state index contributed by atoms with van der Waals surface area (Å²) in [4.78, 5) is 13.6. The minimum Gasteiger partial charge on any atom is -0.452 e. The van der Waals surface area contributed by atoms with Crippen LogP contribution >= 0.6 is 11.8 Å². The maximum absolute atomic E-state index is 12.8. The van der Waals surface area contributed by atoms with Crippen molar-refractivity contribution in [2.45, 2.75) is 31.1 Å². The number of thioether (sulfide) groups is 1. The number of hydrogen-bond acceptors (Lipinski definition) is 10. The van der Waals surface area contributed by atoms with Crippen molar-refractivity contribution in [2.24, 2.45) is 0 Å². The smallest absolute Gasteiger partial charge is 0.339 e. The van der Waals surface area contributed by atoms with Crippen molar-refractivity contribution in [3.63, 3.8) is 0 Å². The van der Waals surface area contributed by atoms with Crippen molar-refractivity contribution in [1.82, 2.24) is 20.5 Å². The normalized spacial score (nSPS) is 11.0. The average molecular weight is 489 g/mol. The van der Waals surface area contributed by atoms with Gasteiger partial charge >= 0.3 is 5.97 Å². The number of esters is 1. The predicted octanol–water partition coefficient (Wildman–Crippen LogP) is 5.65. The van der Waals surface area contributed by atoms with E-state index in [0.29, 0.717) is 28.3 Å². The van der Waals surface area contributed by atoms with Crippen LogP contribution in [0.4, 0.5) is 0 Å². The lowest BCUT2D eigenvalue weighted by atomic mass is 10.1. The molecule has 0 aliphatic carbocycles. The Morgan fingerprint density at radius 3 is 2.57 bits per heavy atom. The summed E-state index contributed by atoms with van der Waals surface area (Å²) in [6.45, 7) is 3.46. The fourth-order valence-corrected chi connectivity index (χ4v) is 4.34. The van der Waals surface area contributed by atoms with E-state index in [1.165, 1.54) is 11.8 Å². The number of hydrogen-bond donors (Lipinski definition) is 0. The quantitative estimate of drug-likeness (QED) is 0.200. The van der Waals surface area contributed by atoms with Crippen LogP contribution in [0, 0.1) is 13.8 Å². The first kappa shape index (κ1) is 22.6. The van der Waals surface area contributed by atoms with Crippen LogP contribution in [0.25, 0.3) is 22.7 Å². The van der Waals surface area contributed by atoms with Crippen LogP contribution in [0.1, 0.15) is 33.5 Å². The molecule has 0 aliphatic rings. The van der Waals surface area contributed by atoms with Gasteiger partial charge in [-0.3, -0.25) is 0 Å². The fraction of sp³-hybridized carbons (Fsp3) is 0.160. The van der Waals surface area contributed by atoms with Gasteiger partial charge in [0.05, 0.1) is 17.0 Å². The molecule has 2 aromatic carbocycles. The van der Waals surface area contributed by atoms with Gasteiger partial charge < -0.3 is 18.2 Å². The molecule has 35 heavy (non-hydrogen) atoms. The van der Waals surface area contributed by atoms with Crippen LogP contribution in [0.2, 0.25) is 0 Å². The summed E-state index contributed by atoms with van der Waals surface area (Å²) in [5.41, 5.74) is 3.31. The summed E-state index contributed by atoms with van der Waals surface area (Å²) >= 11 is 1.46. The highest BCUT2D eigenvalue weighted by atomic mass is 32.2. The lowest BCUT2D eigenvalue weighted by Crippen LogP contribution is -2.07. The molecule has 0 radical (unpaired) electrons. The molecule has 5 aromatic rings. The molecular weight excluding hydrogens is 468 g/mol. The summed E-state index contributed by atoms with van der Waals surface area (Å²) < 4.78 is 21.8. The summed E-state index contributed by atoms with van der Waals surface area (Å²) in [5.74, 6) is 1.73. The Hall–Kier alpha value is -4.18. The Morgan fingerprint density at radius 2 is 1.77 bits per heavy atom. The predicted molar refractivity (Wildman–Crippen MR) is 126 cm³/mol. The zero-order chi connectivity index (χ0) is 24.2. The second-order valence-electron chi connectivity index (χ2n) is 7.62. The van der Waals surface area contributed by atoms with Crippen molar-refractivity contribution in [2.75, 3.05) is 0 Å². The summed E-state index contributed by atoms with van der Waals surface area (Å²) in [7, 11) is 0. The molecule has 0 fully saturated rings. The van der Waals surface area contributed by atoms with Crippen LogP contribution in [-0.2, 0) is 17.1 Å². The van der Waals surface area contributed by atoms with Gasteiger partial charge in [-0.05, 0) is 26.0 Å². The zero-order valence-corrected chi connectivity index (χ0v) is 19.7. The Bertz CT molecular complexity index is 1460. The Morgan fingerprint density at radius 1 is 0.971 bits per heavy atom. The van der Waals surface area contributed by atoms with Crippen molar-refractivity contribution in [1.29, 1.82) is 0 Å².